The van der Waals surface area contributed by atoms with E-state index in [1.807, 2.05) is 0 Å². The maximum atomic E-state index is 3.65. The number of allylic oxidation sites excluding steroid dienone is 2. The number of hydrogen-bond donors (Lipinski definition) is 1. The van der Waals surface area contributed by atoms with Crippen LogP contribution in [0.3, 0.4) is 0 Å². The number of nitrogens with one attached hydrogen (secondary N) is 1. The topological polar surface area (TPSA) is 12.0 Å². The Bertz CT molecular complexity index is 255. The molecule has 80 valence electrons. The molecule has 0 heterocycles. The molecule has 0 spiro atoms. The van der Waals surface area contributed by atoms with Gasteiger partial charge in [-0.1, -0.05) is 30.7 Å². The molecule has 0 aromatic heterocycles. The van der Waals surface area contributed by atoms with Crippen molar-refractivity contribution >= 4 is 0 Å². The van der Waals surface area contributed by atoms with Gasteiger partial charge >= 0.3 is 0 Å². The normalized spacial score (nSPS) is 27.6. The molecule has 14 heavy (non-hydrogen) atoms. The Morgan fingerprint density at radius 1 is 1.43 bits per heavy atom. The minimum atomic E-state index is 0.136. The lowest BCUT2D eigenvalue weighted by Crippen LogP contribution is -2.51. The molecule has 1 nitrogen and oxygen atoms in total. The molecule has 1 heteroatoms. The number of hydrogen-bond acceptors (Lipinski definition) is 1. The van der Waals surface area contributed by atoms with Gasteiger partial charge in [0, 0.05) is 11.1 Å². The highest BCUT2D eigenvalue weighted by atomic mass is 15.0. The van der Waals surface area contributed by atoms with E-state index >= 15 is 0 Å². The summed E-state index contributed by atoms with van der Waals surface area (Å²) in [5.74, 6) is 0. The Labute approximate surface area is 88.3 Å². The Morgan fingerprint density at radius 2 is 2.07 bits per heavy atom. The van der Waals surface area contributed by atoms with Crippen LogP contribution in [0, 0.1) is 0 Å². The monoisotopic (exact) mass is 193 g/mol. The van der Waals surface area contributed by atoms with Crippen molar-refractivity contribution in [3.05, 3.63) is 23.8 Å². The fourth-order valence-electron chi connectivity index (χ4n) is 1.98. The highest BCUT2D eigenvalue weighted by Crippen LogP contribution is 2.24. The highest BCUT2D eigenvalue weighted by molar-refractivity contribution is 5.28. The maximum Gasteiger partial charge on any atom is 0.0378 e. The molecule has 0 fully saturated rings. The van der Waals surface area contributed by atoms with Gasteiger partial charge in [0.05, 0.1) is 0 Å². The summed E-state index contributed by atoms with van der Waals surface area (Å²) in [5, 5.41) is 3.65. The fourth-order valence-corrected chi connectivity index (χ4v) is 1.98. The van der Waals surface area contributed by atoms with Crippen molar-refractivity contribution in [3.8, 4) is 0 Å². The molecular formula is C13H23N. The molecule has 0 bridgehead atoms. The SMILES string of the molecule is CCC1=CCC(C)(NC(C)(C)C)C=C1. The molecule has 0 amide bonds. The highest BCUT2D eigenvalue weighted by Gasteiger charge is 2.26. The van der Waals surface area contributed by atoms with E-state index in [0.29, 0.717) is 0 Å². The van der Waals surface area contributed by atoms with Gasteiger partial charge in [-0.3, -0.25) is 0 Å². The molecule has 1 atom stereocenters. The first kappa shape index (κ1) is 11.5. The maximum absolute atomic E-state index is 3.65. The average molecular weight is 193 g/mol. The predicted molar refractivity (Wildman–Crippen MR) is 63.4 cm³/mol. The largest absolute Gasteiger partial charge is 0.303 e. The second kappa shape index (κ2) is 3.90. The molecule has 1 aliphatic rings. The van der Waals surface area contributed by atoms with E-state index in [-0.39, 0.29) is 11.1 Å². The molecule has 0 saturated carbocycles. The van der Waals surface area contributed by atoms with Gasteiger partial charge in [-0.25, -0.2) is 0 Å². The molecule has 1 aliphatic carbocycles. The van der Waals surface area contributed by atoms with Gasteiger partial charge < -0.3 is 5.32 Å². The van der Waals surface area contributed by atoms with Gasteiger partial charge in [-0.05, 0) is 40.5 Å². The van der Waals surface area contributed by atoms with Crippen molar-refractivity contribution in [2.45, 2.75) is 58.5 Å². The molecule has 1 N–H and O–H groups in total. The van der Waals surface area contributed by atoms with Gasteiger partial charge in [-0.2, -0.15) is 0 Å². The first-order chi connectivity index (χ1) is 6.35. The zero-order valence-corrected chi connectivity index (χ0v) is 10.1. The minimum Gasteiger partial charge on any atom is -0.303 e. The van der Waals surface area contributed by atoms with Crippen molar-refractivity contribution in [3.63, 3.8) is 0 Å². The van der Waals surface area contributed by atoms with Crippen LogP contribution in [0.5, 0.6) is 0 Å². The first-order valence-electron chi connectivity index (χ1n) is 5.52. The zero-order chi connectivity index (χ0) is 10.8. The zero-order valence-electron chi connectivity index (χ0n) is 10.1. The quantitative estimate of drug-likeness (QED) is 0.708. The van der Waals surface area contributed by atoms with Crippen molar-refractivity contribution in [1.82, 2.24) is 5.32 Å². The van der Waals surface area contributed by atoms with Crippen molar-refractivity contribution < 1.29 is 0 Å². The van der Waals surface area contributed by atoms with Crippen LogP contribution < -0.4 is 5.32 Å². The first-order valence-corrected chi connectivity index (χ1v) is 5.52. The van der Waals surface area contributed by atoms with E-state index < -0.39 is 0 Å². The molecule has 0 saturated heterocycles. The van der Waals surface area contributed by atoms with Crippen molar-refractivity contribution in [2.24, 2.45) is 0 Å². The van der Waals surface area contributed by atoms with Gasteiger partial charge in [0.25, 0.3) is 0 Å². The van der Waals surface area contributed by atoms with Crippen LogP contribution in [-0.2, 0) is 0 Å². The molecule has 0 radical (unpaired) electrons. The second-order valence-corrected chi connectivity index (χ2v) is 5.46. The van der Waals surface area contributed by atoms with Gasteiger partial charge in [0.1, 0.15) is 0 Å². The van der Waals surface area contributed by atoms with E-state index in [2.05, 4.69) is 58.2 Å². The standard InChI is InChI=1S/C13H23N/c1-6-11-7-9-13(5,10-8-11)14-12(2,3)4/h7-9,14H,6,10H2,1-5H3. The summed E-state index contributed by atoms with van der Waals surface area (Å²) in [6.45, 7) is 11.1. The van der Waals surface area contributed by atoms with Crippen LogP contribution in [0.1, 0.15) is 47.5 Å². The van der Waals surface area contributed by atoms with Crippen LogP contribution >= 0.6 is 0 Å². The Kier molecular flexibility index (Phi) is 3.20. The third-order valence-corrected chi connectivity index (χ3v) is 2.52. The lowest BCUT2D eigenvalue weighted by molar-refractivity contribution is 0.310. The van der Waals surface area contributed by atoms with Crippen molar-refractivity contribution in [2.75, 3.05) is 0 Å². The lowest BCUT2D eigenvalue weighted by Gasteiger charge is -2.36. The van der Waals surface area contributed by atoms with E-state index in [4.69, 9.17) is 0 Å². The van der Waals surface area contributed by atoms with Gasteiger partial charge in [0.2, 0.25) is 0 Å². The number of rotatable bonds is 2. The Hall–Kier alpha value is -0.560. The second-order valence-electron chi connectivity index (χ2n) is 5.46. The van der Waals surface area contributed by atoms with Crippen molar-refractivity contribution in [1.29, 1.82) is 0 Å². The van der Waals surface area contributed by atoms with Gasteiger partial charge in [0.15, 0.2) is 0 Å². The Balaban J connectivity index is 2.64. The summed E-state index contributed by atoms with van der Waals surface area (Å²) in [4.78, 5) is 0. The van der Waals surface area contributed by atoms with Crippen LogP contribution in [0.4, 0.5) is 0 Å². The van der Waals surface area contributed by atoms with E-state index in [9.17, 15) is 0 Å². The van der Waals surface area contributed by atoms with Gasteiger partial charge in [-0.15, -0.1) is 0 Å². The summed E-state index contributed by atoms with van der Waals surface area (Å²) < 4.78 is 0. The molecule has 0 aliphatic heterocycles. The molecule has 1 unspecified atom stereocenters. The van der Waals surface area contributed by atoms with E-state index in [0.717, 1.165) is 12.8 Å². The van der Waals surface area contributed by atoms with Crippen LogP contribution in [-0.4, -0.2) is 11.1 Å². The predicted octanol–water partition coefficient (Wildman–Crippen LogP) is 3.43. The third kappa shape index (κ3) is 3.30. The molecule has 0 aromatic carbocycles. The van der Waals surface area contributed by atoms with E-state index in [1.54, 1.807) is 0 Å². The van der Waals surface area contributed by atoms with E-state index in [1.165, 1.54) is 5.57 Å². The smallest absolute Gasteiger partial charge is 0.0378 e. The summed E-state index contributed by atoms with van der Waals surface area (Å²) in [6.07, 6.45) is 9.14. The average Bonchev–Trinajstić information content (AvgIpc) is 2.01. The summed E-state index contributed by atoms with van der Waals surface area (Å²) >= 11 is 0. The van der Waals surface area contributed by atoms with Crippen LogP contribution in [0.25, 0.3) is 0 Å². The minimum absolute atomic E-state index is 0.136. The Morgan fingerprint density at radius 3 is 2.43 bits per heavy atom. The summed E-state index contributed by atoms with van der Waals surface area (Å²) in [6, 6.07) is 0. The molecule has 0 aromatic rings. The molecular weight excluding hydrogens is 170 g/mol. The van der Waals surface area contributed by atoms with Crippen LogP contribution in [0.2, 0.25) is 0 Å². The van der Waals surface area contributed by atoms with Crippen LogP contribution in [0.15, 0.2) is 23.8 Å². The molecule has 1 rings (SSSR count). The fraction of sp³-hybridized carbons (Fsp3) is 0.692. The summed E-state index contributed by atoms with van der Waals surface area (Å²) in [5.41, 5.74) is 1.77. The summed E-state index contributed by atoms with van der Waals surface area (Å²) in [7, 11) is 0. The third-order valence-electron chi connectivity index (χ3n) is 2.52. The lowest BCUT2D eigenvalue weighted by atomic mass is 9.87.